The molecule has 0 saturated carbocycles. The number of ether oxygens (including phenoxy) is 2. The Morgan fingerprint density at radius 3 is 3.06 bits per heavy atom. The molecular weight excluding hydrogens is 230 g/mol. The van der Waals surface area contributed by atoms with E-state index in [1.807, 2.05) is 31.2 Å². The monoisotopic (exact) mass is 245 g/mol. The fraction of sp³-hybridized carbons (Fsp3) is 0.357. The highest BCUT2D eigenvalue weighted by Crippen LogP contribution is 2.24. The molecule has 0 aromatic heterocycles. The number of carbonyl (C=O) groups is 1. The highest BCUT2D eigenvalue weighted by Gasteiger charge is 2.32. The van der Waals surface area contributed by atoms with Crippen LogP contribution >= 0.6 is 0 Å². The Morgan fingerprint density at radius 1 is 1.56 bits per heavy atom. The molecule has 1 aromatic rings. The summed E-state index contributed by atoms with van der Waals surface area (Å²) in [4.78, 5) is 13.4. The summed E-state index contributed by atoms with van der Waals surface area (Å²) in [5.74, 6) is 2.38. The van der Waals surface area contributed by atoms with E-state index in [1.165, 1.54) is 0 Å². The predicted molar refractivity (Wildman–Crippen MR) is 68.4 cm³/mol. The van der Waals surface area contributed by atoms with Crippen molar-refractivity contribution in [2.45, 2.75) is 13.0 Å². The number of aryl methyl sites for hydroxylation is 1. The number of amides is 1. The van der Waals surface area contributed by atoms with Crippen LogP contribution in [0, 0.1) is 19.3 Å². The topological polar surface area (TPSA) is 38.8 Å². The number of carbonyl (C=O) groups excluding carboxylic acids is 1. The van der Waals surface area contributed by atoms with Gasteiger partial charge in [0, 0.05) is 0 Å². The van der Waals surface area contributed by atoms with E-state index in [0.29, 0.717) is 13.2 Å². The molecule has 94 valence electrons. The van der Waals surface area contributed by atoms with Crippen molar-refractivity contribution < 1.29 is 14.3 Å². The summed E-state index contributed by atoms with van der Waals surface area (Å²) >= 11 is 0. The molecule has 18 heavy (non-hydrogen) atoms. The van der Waals surface area contributed by atoms with Crippen molar-refractivity contribution in [2.75, 3.05) is 24.7 Å². The molecule has 1 fully saturated rings. The van der Waals surface area contributed by atoms with Gasteiger partial charge in [-0.3, -0.25) is 4.90 Å². The minimum atomic E-state index is -0.335. The lowest BCUT2D eigenvalue weighted by atomic mass is 10.2. The molecule has 1 heterocycles. The maximum atomic E-state index is 11.8. The summed E-state index contributed by atoms with van der Waals surface area (Å²) < 4.78 is 10.4. The highest BCUT2D eigenvalue weighted by molar-refractivity contribution is 5.90. The van der Waals surface area contributed by atoms with E-state index < -0.39 is 0 Å². The molecule has 0 spiro atoms. The lowest BCUT2D eigenvalue weighted by Gasteiger charge is -2.15. The van der Waals surface area contributed by atoms with Crippen molar-refractivity contribution in [3.05, 3.63) is 29.8 Å². The molecule has 1 atom stereocenters. The van der Waals surface area contributed by atoms with Crippen LogP contribution < -0.4 is 4.90 Å². The van der Waals surface area contributed by atoms with Gasteiger partial charge in [0.2, 0.25) is 0 Å². The van der Waals surface area contributed by atoms with Gasteiger partial charge in [-0.05, 0) is 18.6 Å². The van der Waals surface area contributed by atoms with Gasteiger partial charge in [-0.1, -0.05) is 24.1 Å². The summed E-state index contributed by atoms with van der Waals surface area (Å²) in [6, 6.07) is 7.71. The Balaban J connectivity index is 2.02. The number of para-hydroxylation sites is 1. The van der Waals surface area contributed by atoms with Crippen LogP contribution in [0.5, 0.6) is 0 Å². The number of nitrogens with zero attached hydrogens (tertiary/aromatic N) is 1. The second-order valence-electron chi connectivity index (χ2n) is 4.12. The number of terminal acetylenes is 1. The van der Waals surface area contributed by atoms with Gasteiger partial charge in [-0.15, -0.1) is 6.42 Å². The molecule has 0 N–H and O–H groups in total. The van der Waals surface area contributed by atoms with Crippen LogP contribution in [0.15, 0.2) is 24.3 Å². The van der Waals surface area contributed by atoms with Crippen molar-refractivity contribution in [3.8, 4) is 12.3 Å². The van der Waals surface area contributed by atoms with E-state index in [9.17, 15) is 4.79 Å². The molecule has 1 aromatic carbocycles. The average molecular weight is 245 g/mol. The number of cyclic esters (lactones) is 1. The Kier molecular flexibility index (Phi) is 3.85. The van der Waals surface area contributed by atoms with Crippen LogP contribution in [-0.2, 0) is 9.47 Å². The minimum absolute atomic E-state index is 0.235. The minimum Gasteiger partial charge on any atom is -0.441 e. The van der Waals surface area contributed by atoms with Crippen LogP contribution in [0.25, 0.3) is 0 Å². The second kappa shape index (κ2) is 5.56. The first-order valence-corrected chi connectivity index (χ1v) is 5.77. The van der Waals surface area contributed by atoms with E-state index in [4.69, 9.17) is 15.9 Å². The fourth-order valence-electron chi connectivity index (χ4n) is 1.92. The third-order valence-corrected chi connectivity index (χ3v) is 2.77. The molecule has 1 aliphatic heterocycles. The van der Waals surface area contributed by atoms with E-state index in [2.05, 4.69) is 5.92 Å². The van der Waals surface area contributed by atoms with Gasteiger partial charge >= 0.3 is 6.09 Å². The van der Waals surface area contributed by atoms with Crippen LogP contribution in [-0.4, -0.2) is 32.0 Å². The van der Waals surface area contributed by atoms with Gasteiger partial charge in [-0.2, -0.15) is 0 Å². The second-order valence-corrected chi connectivity index (χ2v) is 4.12. The van der Waals surface area contributed by atoms with E-state index in [1.54, 1.807) is 4.90 Å². The van der Waals surface area contributed by atoms with Gasteiger partial charge in [0.15, 0.2) is 0 Å². The maximum absolute atomic E-state index is 11.8. The summed E-state index contributed by atoms with van der Waals surface area (Å²) in [6.45, 7) is 3.02. The largest absolute Gasteiger partial charge is 0.441 e. The smallest absolute Gasteiger partial charge is 0.414 e. The summed E-state index contributed by atoms with van der Waals surface area (Å²) in [7, 11) is 0. The van der Waals surface area contributed by atoms with Crippen LogP contribution in [0.2, 0.25) is 0 Å². The average Bonchev–Trinajstić information content (AvgIpc) is 2.71. The van der Waals surface area contributed by atoms with Gasteiger partial charge in [0.25, 0.3) is 0 Å². The number of anilines is 1. The van der Waals surface area contributed by atoms with E-state index >= 15 is 0 Å². The number of hydrogen-bond donors (Lipinski definition) is 0. The van der Waals surface area contributed by atoms with Gasteiger partial charge < -0.3 is 9.47 Å². The van der Waals surface area contributed by atoms with Crippen molar-refractivity contribution in [3.63, 3.8) is 0 Å². The molecule has 1 unspecified atom stereocenters. The first kappa shape index (κ1) is 12.5. The molecule has 1 saturated heterocycles. The summed E-state index contributed by atoms with van der Waals surface area (Å²) in [5, 5.41) is 0. The number of rotatable bonds is 4. The Hall–Kier alpha value is -1.99. The van der Waals surface area contributed by atoms with Crippen LogP contribution in [0.1, 0.15) is 5.56 Å². The van der Waals surface area contributed by atoms with Crippen LogP contribution in [0.3, 0.4) is 0 Å². The number of hydrogen-bond acceptors (Lipinski definition) is 3. The van der Waals surface area contributed by atoms with Crippen LogP contribution in [0.4, 0.5) is 10.5 Å². The van der Waals surface area contributed by atoms with Gasteiger partial charge in [0.05, 0.1) is 18.8 Å². The lowest BCUT2D eigenvalue weighted by molar-refractivity contribution is 0.0598. The van der Waals surface area contributed by atoms with Crippen molar-refractivity contribution in [1.82, 2.24) is 0 Å². The third-order valence-electron chi connectivity index (χ3n) is 2.77. The standard InChI is InChI=1S/C14H15NO3/c1-3-8-17-10-12-9-15(14(16)18-12)13-7-5-4-6-11(13)2/h1,4-7,12H,8-10H2,2H3. The quantitative estimate of drug-likeness (QED) is 0.601. The highest BCUT2D eigenvalue weighted by atomic mass is 16.6. The lowest BCUT2D eigenvalue weighted by Crippen LogP contribution is -2.26. The molecular formula is C14H15NO3. The summed E-state index contributed by atoms with van der Waals surface area (Å²) in [6.07, 6.45) is 4.49. The van der Waals surface area contributed by atoms with Crippen molar-refractivity contribution in [1.29, 1.82) is 0 Å². The zero-order valence-electron chi connectivity index (χ0n) is 10.3. The molecule has 1 amide bonds. The summed E-state index contributed by atoms with van der Waals surface area (Å²) in [5.41, 5.74) is 1.92. The third kappa shape index (κ3) is 2.63. The Bertz CT molecular complexity index is 478. The molecule has 4 nitrogen and oxygen atoms in total. The Morgan fingerprint density at radius 2 is 2.33 bits per heavy atom. The van der Waals surface area contributed by atoms with Crippen molar-refractivity contribution in [2.24, 2.45) is 0 Å². The molecule has 0 radical (unpaired) electrons. The van der Waals surface area contributed by atoms with Gasteiger partial charge in [0.1, 0.15) is 12.7 Å². The number of benzene rings is 1. The fourth-order valence-corrected chi connectivity index (χ4v) is 1.92. The normalized spacial score (nSPS) is 18.6. The van der Waals surface area contributed by atoms with E-state index in [-0.39, 0.29) is 18.8 Å². The SMILES string of the molecule is C#CCOCC1CN(c2ccccc2C)C(=O)O1. The Labute approximate surface area is 106 Å². The zero-order valence-corrected chi connectivity index (χ0v) is 10.3. The molecule has 4 heteroatoms. The van der Waals surface area contributed by atoms with Crippen molar-refractivity contribution >= 4 is 11.8 Å². The maximum Gasteiger partial charge on any atom is 0.414 e. The van der Waals surface area contributed by atoms with Gasteiger partial charge in [-0.25, -0.2) is 4.79 Å². The predicted octanol–water partition coefficient (Wildman–Crippen LogP) is 1.97. The molecule has 0 aliphatic carbocycles. The first-order chi connectivity index (χ1) is 8.72. The molecule has 1 aliphatic rings. The zero-order chi connectivity index (χ0) is 13.0. The first-order valence-electron chi connectivity index (χ1n) is 5.77. The van der Waals surface area contributed by atoms with E-state index in [0.717, 1.165) is 11.3 Å². The molecule has 0 bridgehead atoms. The molecule has 2 rings (SSSR count).